The molecule has 0 aliphatic heterocycles. The lowest BCUT2D eigenvalue weighted by Crippen LogP contribution is -2.34. The molecule has 138 valence electrons. The minimum absolute atomic E-state index is 0.0542. The molecule has 0 bridgehead atoms. The Kier molecular flexibility index (Phi) is 6.13. The van der Waals surface area contributed by atoms with Crippen LogP contribution in [-0.2, 0) is 4.79 Å². The second kappa shape index (κ2) is 8.54. The molecule has 0 radical (unpaired) electrons. The molecule has 0 aromatic heterocycles. The van der Waals surface area contributed by atoms with Gasteiger partial charge in [0.2, 0.25) is 0 Å². The molecule has 7 heteroatoms. The Morgan fingerprint density at radius 3 is 2.63 bits per heavy atom. The van der Waals surface area contributed by atoms with Crippen molar-refractivity contribution in [3.05, 3.63) is 69.1 Å². The molecule has 0 aliphatic rings. The molecule has 5 nitrogen and oxygen atoms in total. The zero-order valence-corrected chi connectivity index (χ0v) is 17.6. The predicted molar refractivity (Wildman–Crippen MR) is 116 cm³/mol. The summed E-state index contributed by atoms with van der Waals surface area (Å²) in [6, 6.07) is 16.9. The summed E-state index contributed by atoms with van der Waals surface area (Å²) in [6.45, 7) is 1.76. The molecule has 0 fully saturated rings. The summed E-state index contributed by atoms with van der Waals surface area (Å²) < 4.78 is 1.32. The van der Waals surface area contributed by atoms with Gasteiger partial charge in [-0.05, 0) is 57.9 Å². The van der Waals surface area contributed by atoms with Crippen molar-refractivity contribution in [2.75, 3.05) is 5.32 Å². The number of carbonyl (C=O) groups excluding carboxylic acids is 1. The van der Waals surface area contributed by atoms with E-state index in [1.54, 1.807) is 19.1 Å². The predicted octanol–water partition coefficient (Wildman–Crippen LogP) is 5.02. The van der Waals surface area contributed by atoms with Crippen molar-refractivity contribution in [3.63, 3.8) is 0 Å². The van der Waals surface area contributed by atoms with E-state index >= 15 is 0 Å². The average molecular weight is 491 g/mol. The third-order valence-corrected chi connectivity index (χ3v) is 5.02. The van der Waals surface area contributed by atoms with E-state index < -0.39 is 6.04 Å². The highest BCUT2D eigenvalue weighted by Crippen LogP contribution is 2.30. The number of hydrogen-bond acceptors (Lipinski definition) is 4. The Morgan fingerprint density at radius 2 is 1.85 bits per heavy atom. The fourth-order valence-electron chi connectivity index (χ4n) is 2.54. The van der Waals surface area contributed by atoms with Crippen molar-refractivity contribution < 1.29 is 9.90 Å². The highest BCUT2D eigenvalue weighted by molar-refractivity contribution is 9.11. The SMILES string of the molecule is C[C@H](Nc1ccc2ccccc2c1)C(=O)N/N=C\c1cc(Br)cc(Br)c1O. The lowest BCUT2D eigenvalue weighted by atomic mass is 10.1. The van der Waals surface area contributed by atoms with E-state index in [2.05, 4.69) is 47.7 Å². The van der Waals surface area contributed by atoms with Crippen LogP contribution < -0.4 is 10.7 Å². The van der Waals surface area contributed by atoms with E-state index in [1.807, 2.05) is 42.5 Å². The van der Waals surface area contributed by atoms with Crippen LogP contribution >= 0.6 is 31.9 Å². The Morgan fingerprint density at radius 1 is 1.11 bits per heavy atom. The fourth-order valence-corrected chi connectivity index (χ4v) is 3.80. The van der Waals surface area contributed by atoms with E-state index in [0.29, 0.717) is 10.0 Å². The summed E-state index contributed by atoms with van der Waals surface area (Å²) in [4.78, 5) is 12.3. The Bertz CT molecular complexity index is 1020. The van der Waals surface area contributed by atoms with Crippen molar-refractivity contribution >= 4 is 60.4 Å². The van der Waals surface area contributed by atoms with Gasteiger partial charge in [-0.2, -0.15) is 5.10 Å². The number of nitrogens with zero attached hydrogens (tertiary/aromatic N) is 1. The molecule has 3 rings (SSSR count). The monoisotopic (exact) mass is 489 g/mol. The molecule has 0 aliphatic carbocycles. The first-order chi connectivity index (χ1) is 12.9. The van der Waals surface area contributed by atoms with Crippen molar-refractivity contribution in [3.8, 4) is 5.75 Å². The lowest BCUT2D eigenvalue weighted by Gasteiger charge is -2.14. The van der Waals surface area contributed by atoms with E-state index in [4.69, 9.17) is 0 Å². The van der Waals surface area contributed by atoms with Gasteiger partial charge in [-0.3, -0.25) is 4.79 Å². The van der Waals surface area contributed by atoms with Crippen LogP contribution in [0.2, 0.25) is 0 Å². The van der Waals surface area contributed by atoms with Gasteiger partial charge in [-0.25, -0.2) is 5.43 Å². The standard InChI is InChI=1S/C20H17Br2N3O2/c1-12(24-17-7-6-13-4-2-3-5-14(13)9-17)20(27)25-23-11-15-8-16(21)10-18(22)19(15)26/h2-12,24,26H,1H3,(H,25,27)/b23-11-/t12-/m0/s1. The lowest BCUT2D eigenvalue weighted by molar-refractivity contribution is -0.121. The molecule has 0 saturated heterocycles. The van der Waals surface area contributed by atoms with Crippen LogP contribution in [-0.4, -0.2) is 23.3 Å². The maximum atomic E-state index is 12.3. The summed E-state index contributed by atoms with van der Waals surface area (Å²) in [7, 11) is 0. The van der Waals surface area contributed by atoms with Gasteiger partial charge in [0.25, 0.3) is 5.91 Å². The number of anilines is 1. The van der Waals surface area contributed by atoms with Crippen molar-refractivity contribution in [1.29, 1.82) is 0 Å². The van der Waals surface area contributed by atoms with E-state index in [1.165, 1.54) is 6.21 Å². The number of fused-ring (bicyclic) bond motifs is 1. The summed E-state index contributed by atoms with van der Waals surface area (Å²) in [5.74, 6) is -0.230. The third-order valence-electron chi connectivity index (χ3n) is 3.96. The second-order valence-corrected chi connectivity index (χ2v) is 7.76. The van der Waals surface area contributed by atoms with Gasteiger partial charge in [-0.15, -0.1) is 0 Å². The number of aromatic hydroxyl groups is 1. The number of hydrogen-bond donors (Lipinski definition) is 3. The van der Waals surface area contributed by atoms with Crippen molar-refractivity contribution in [2.24, 2.45) is 5.10 Å². The first-order valence-electron chi connectivity index (χ1n) is 8.20. The van der Waals surface area contributed by atoms with Crippen LogP contribution in [0, 0.1) is 0 Å². The Hall–Kier alpha value is -2.38. The maximum Gasteiger partial charge on any atom is 0.262 e. The largest absolute Gasteiger partial charge is 0.506 e. The number of amides is 1. The molecule has 3 aromatic carbocycles. The fraction of sp³-hybridized carbons (Fsp3) is 0.100. The van der Waals surface area contributed by atoms with Gasteiger partial charge in [0.15, 0.2) is 0 Å². The Labute approximate surface area is 173 Å². The normalized spacial score (nSPS) is 12.3. The van der Waals surface area contributed by atoms with Crippen LogP contribution in [0.4, 0.5) is 5.69 Å². The molecular formula is C20H17Br2N3O2. The molecule has 0 unspecified atom stereocenters. The van der Waals surface area contributed by atoms with Gasteiger partial charge >= 0.3 is 0 Å². The maximum absolute atomic E-state index is 12.3. The smallest absolute Gasteiger partial charge is 0.262 e. The minimum Gasteiger partial charge on any atom is -0.506 e. The first-order valence-corrected chi connectivity index (χ1v) is 9.79. The minimum atomic E-state index is -0.480. The van der Waals surface area contributed by atoms with Gasteiger partial charge in [-0.1, -0.05) is 46.3 Å². The van der Waals surface area contributed by atoms with Crippen LogP contribution in [0.3, 0.4) is 0 Å². The van der Waals surface area contributed by atoms with Crippen LogP contribution in [0.25, 0.3) is 10.8 Å². The molecule has 3 aromatic rings. The van der Waals surface area contributed by atoms with Crippen LogP contribution in [0.15, 0.2) is 68.6 Å². The Balaban J connectivity index is 1.63. The van der Waals surface area contributed by atoms with E-state index in [0.717, 1.165) is 20.9 Å². The molecule has 27 heavy (non-hydrogen) atoms. The summed E-state index contributed by atoms with van der Waals surface area (Å²) >= 11 is 6.60. The molecular weight excluding hydrogens is 474 g/mol. The number of phenols is 1. The highest BCUT2D eigenvalue weighted by atomic mass is 79.9. The molecule has 1 atom stereocenters. The number of benzene rings is 3. The van der Waals surface area contributed by atoms with Crippen molar-refractivity contribution in [1.82, 2.24) is 5.43 Å². The molecule has 0 spiro atoms. The molecule has 1 amide bonds. The molecule has 3 N–H and O–H groups in total. The number of rotatable bonds is 5. The zero-order chi connectivity index (χ0) is 19.4. The van der Waals surface area contributed by atoms with Gasteiger partial charge in [0.1, 0.15) is 11.8 Å². The number of carbonyl (C=O) groups is 1. The van der Waals surface area contributed by atoms with Gasteiger partial charge < -0.3 is 10.4 Å². The summed E-state index contributed by atoms with van der Waals surface area (Å²) in [5.41, 5.74) is 3.81. The number of halogens is 2. The highest BCUT2D eigenvalue weighted by Gasteiger charge is 2.12. The van der Waals surface area contributed by atoms with Crippen molar-refractivity contribution in [2.45, 2.75) is 13.0 Å². The van der Waals surface area contributed by atoms with Gasteiger partial charge in [0, 0.05) is 15.7 Å². The summed E-state index contributed by atoms with van der Waals surface area (Å²) in [5, 5.41) is 19.3. The van der Waals surface area contributed by atoms with Crippen LogP contribution in [0.5, 0.6) is 5.75 Å². The summed E-state index contributed by atoms with van der Waals surface area (Å²) in [6.07, 6.45) is 1.39. The molecule has 0 heterocycles. The van der Waals surface area contributed by atoms with E-state index in [9.17, 15) is 9.90 Å². The first kappa shape index (κ1) is 19.4. The second-order valence-electron chi connectivity index (χ2n) is 5.99. The van der Waals surface area contributed by atoms with E-state index in [-0.39, 0.29) is 11.7 Å². The number of hydrazone groups is 1. The zero-order valence-electron chi connectivity index (χ0n) is 14.4. The quantitative estimate of drug-likeness (QED) is 0.347. The topological polar surface area (TPSA) is 73.7 Å². The average Bonchev–Trinajstić information content (AvgIpc) is 2.65. The number of phenolic OH excluding ortho intramolecular Hbond substituents is 1. The number of nitrogens with one attached hydrogen (secondary N) is 2. The third kappa shape index (κ3) is 4.87. The van der Waals surface area contributed by atoms with Gasteiger partial charge in [0.05, 0.1) is 10.7 Å². The van der Waals surface area contributed by atoms with Crippen LogP contribution in [0.1, 0.15) is 12.5 Å². The molecule has 0 saturated carbocycles.